The van der Waals surface area contributed by atoms with E-state index < -0.39 is 47.5 Å². The average molecular weight is 883 g/mol. The van der Waals surface area contributed by atoms with Gasteiger partial charge in [-0.05, 0) is 109 Å². The van der Waals surface area contributed by atoms with Gasteiger partial charge in [-0.3, -0.25) is 4.90 Å². The standard InChI is InChI=1S/C34H43IN8O8S2/c1-34(2,3)42(33(44)45)19-18-41-17-16-25(22-41)39-52(46,47)29-15-14-28(35)30(31(29)53(48,49)36-20-23-6-10-26(50-4)11-7-23)32-37-40-43(38-32)21-24-8-12-27(51-5)13-9-24/h6-15,25,36,39H,16-22H2,1-5H3,(H,44,45)/t25-/m1/s1. The Balaban J connectivity index is 1.46. The van der Waals surface area contributed by atoms with Crippen molar-refractivity contribution < 1.29 is 36.2 Å². The van der Waals surface area contributed by atoms with Crippen molar-refractivity contribution in [1.82, 2.24) is 39.5 Å². The first-order chi connectivity index (χ1) is 25.0. The second kappa shape index (κ2) is 16.6. The molecule has 4 aromatic rings. The molecule has 0 unspecified atom stereocenters. The monoisotopic (exact) mass is 882 g/mol. The van der Waals surface area contributed by atoms with Crippen molar-refractivity contribution in [1.29, 1.82) is 0 Å². The average Bonchev–Trinajstić information content (AvgIpc) is 3.76. The van der Waals surface area contributed by atoms with E-state index in [0.29, 0.717) is 46.7 Å². The van der Waals surface area contributed by atoms with Gasteiger partial charge in [-0.2, -0.15) is 4.80 Å². The molecule has 3 aromatic carbocycles. The third-order valence-electron chi connectivity index (χ3n) is 8.69. The van der Waals surface area contributed by atoms with Crippen molar-refractivity contribution in [3.05, 3.63) is 75.4 Å². The molecule has 1 fully saturated rings. The lowest BCUT2D eigenvalue weighted by molar-refractivity contribution is 0.0932. The van der Waals surface area contributed by atoms with Crippen LogP contribution in [0, 0.1) is 3.57 Å². The van der Waals surface area contributed by atoms with E-state index in [1.54, 1.807) is 43.5 Å². The van der Waals surface area contributed by atoms with Crippen LogP contribution in [0.1, 0.15) is 38.3 Å². The third kappa shape index (κ3) is 10.0. The van der Waals surface area contributed by atoms with E-state index >= 15 is 0 Å². The first-order valence-electron chi connectivity index (χ1n) is 16.6. The molecule has 0 saturated carbocycles. The summed E-state index contributed by atoms with van der Waals surface area (Å²) in [6.45, 7) is 6.99. The highest BCUT2D eigenvalue weighted by Gasteiger charge is 2.36. The van der Waals surface area contributed by atoms with Crippen molar-refractivity contribution in [3.63, 3.8) is 0 Å². The van der Waals surface area contributed by atoms with E-state index in [1.807, 2.05) is 60.4 Å². The van der Waals surface area contributed by atoms with Crippen LogP contribution >= 0.6 is 22.6 Å². The fraction of sp³-hybridized carbons (Fsp3) is 0.412. The normalized spacial score (nSPS) is 15.4. The number of tetrazole rings is 1. The zero-order valence-electron chi connectivity index (χ0n) is 30.0. The van der Waals surface area contributed by atoms with Gasteiger partial charge in [0, 0.05) is 41.3 Å². The number of hydrogen-bond donors (Lipinski definition) is 3. The van der Waals surface area contributed by atoms with Gasteiger partial charge in [0.1, 0.15) is 21.3 Å². The molecule has 53 heavy (non-hydrogen) atoms. The van der Waals surface area contributed by atoms with Gasteiger partial charge < -0.3 is 19.5 Å². The van der Waals surface area contributed by atoms with Crippen LogP contribution in [0.2, 0.25) is 0 Å². The first kappa shape index (κ1) is 40.3. The number of nitrogens with zero attached hydrogens (tertiary/aromatic N) is 6. The molecule has 1 atom stereocenters. The van der Waals surface area contributed by atoms with Crippen molar-refractivity contribution in [2.45, 2.75) is 61.7 Å². The van der Waals surface area contributed by atoms with E-state index in [-0.39, 0.29) is 31.0 Å². The van der Waals surface area contributed by atoms with E-state index in [4.69, 9.17) is 9.47 Å². The van der Waals surface area contributed by atoms with Crippen molar-refractivity contribution in [3.8, 4) is 22.9 Å². The fourth-order valence-electron chi connectivity index (χ4n) is 5.90. The van der Waals surface area contributed by atoms with Gasteiger partial charge in [0.15, 0.2) is 0 Å². The fourth-order valence-corrected chi connectivity index (χ4v) is 10.1. The summed E-state index contributed by atoms with van der Waals surface area (Å²) < 4.78 is 73.1. The number of nitrogens with one attached hydrogen (secondary N) is 2. The van der Waals surface area contributed by atoms with Crippen LogP contribution in [0.15, 0.2) is 70.5 Å². The number of likely N-dealkylation sites (tertiary alicyclic amines) is 1. The summed E-state index contributed by atoms with van der Waals surface area (Å²) in [6.07, 6.45) is -0.592. The maximum atomic E-state index is 14.3. The molecule has 19 heteroatoms. The third-order valence-corrected chi connectivity index (χ3v) is 12.8. The lowest BCUT2D eigenvalue weighted by Gasteiger charge is -2.34. The molecule has 1 aliphatic rings. The molecular formula is C34H43IN8O8S2. The highest BCUT2D eigenvalue weighted by Crippen LogP contribution is 2.35. The Bertz CT molecular complexity index is 2120. The minimum Gasteiger partial charge on any atom is -0.497 e. The molecule has 0 radical (unpaired) electrons. The Morgan fingerprint density at radius 2 is 1.58 bits per heavy atom. The number of ether oxygens (including phenoxy) is 2. The molecule has 286 valence electrons. The SMILES string of the molecule is COc1ccc(CNS(=O)(=O)c2c(S(=O)(=O)N[C@@H]3CCN(CCN(C(=O)O)C(C)(C)C)C3)ccc(I)c2-c2nnn(Cc3ccc(OC)cc3)n2)cc1. The number of aromatic nitrogens is 4. The highest BCUT2D eigenvalue weighted by atomic mass is 127. The number of sulfonamides is 2. The van der Waals surface area contributed by atoms with Gasteiger partial charge in [0.05, 0.1) is 26.3 Å². The Kier molecular flexibility index (Phi) is 12.7. The van der Waals surface area contributed by atoms with Crippen LogP contribution in [-0.4, -0.2) is 110 Å². The van der Waals surface area contributed by atoms with E-state index in [9.17, 15) is 26.7 Å². The van der Waals surface area contributed by atoms with Crippen LogP contribution in [-0.2, 0) is 33.1 Å². The smallest absolute Gasteiger partial charge is 0.407 e. The molecule has 1 aromatic heterocycles. The molecule has 0 aliphatic carbocycles. The van der Waals surface area contributed by atoms with Crippen molar-refractivity contribution in [2.24, 2.45) is 0 Å². The second-order valence-electron chi connectivity index (χ2n) is 13.4. The van der Waals surface area contributed by atoms with Gasteiger partial charge in [-0.15, -0.1) is 10.2 Å². The quantitative estimate of drug-likeness (QED) is 0.147. The van der Waals surface area contributed by atoms with E-state index in [1.165, 1.54) is 28.9 Å². The van der Waals surface area contributed by atoms with E-state index in [2.05, 4.69) is 24.9 Å². The summed E-state index contributed by atoms with van der Waals surface area (Å²) in [7, 11) is -5.90. The van der Waals surface area contributed by atoms with Gasteiger partial charge in [0.25, 0.3) is 0 Å². The van der Waals surface area contributed by atoms with Crippen LogP contribution in [0.25, 0.3) is 11.4 Å². The Hall–Kier alpha value is -3.89. The molecule has 0 bridgehead atoms. The number of carbonyl (C=O) groups is 1. The molecule has 1 amide bonds. The zero-order valence-corrected chi connectivity index (χ0v) is 33.8. The largest absolute Gasteiger partial charge is 0.497 e. The van der Waals surface area contributed by atoms with Crippen LogP contribution in [0.4, 0.5) is 4.79 Å². The maximum absolute atomic E-state index is 14.3. The summed E-state index contributed by atoms with van der Waals surface area (Å²) in [5, 5.41) is 22.5. The molecule has 1 saturated heterocycles. The summed E-state index contributed by atoms with van der Waals surface area (Å²) in [4.78, 5) is 15.5. The minimum absolute atomic E-state index is 0.0133. The molecule has 3 N–H and O–H groups in total. The molecule has 5 rings (SSSR count). The predicted molar refractivity (Wildman–Crippen MR) is 205 cm³/mol. The lowest BCUT2D eigenvalue weighted by Crippen LogP contribution is -2.48. The second-order valence-corrected chi connectivity index (χ2v) is 18.0. The summed E-state index contributed by atoms with van der Waals surface area (Å²) in [5.74, 6) is 1.20. The van der Waals surface area contributed by atoms with Crippen molar-refractivity contribution in [2.75, 3.05) is 40.4 Å². The number of halogens is 1. The maximum Gasteiger partial charge on any atom is 0.407 e. The molecule has 0 spiro atoms. The minimum atomic E-state index is -4.54. The molecule has 16 nitrogen and oxygen atoms in total. The zero-order chi connectivity index (χ0) is 38.6. The summed E-state index contributed by atoms with van der Waals surface area (Å²) >= 11 is 1.94. The van der Waals surface area contributed by atoms with Crippen molar-refractivity contribution >= 4 is 48.7 Å². The Labute approximate surface area is 323 Å². The summed E-state index contributed by atoms with van der Waals surface area (Å²) in [6, 6.07) is 16.2. The van der Waals surface area contributed by atoms with E-state index in [0.717, 1.165) is 5.56 Å². The van der Waals surface area contributed by atoms with Gasteiger partial charge >= 0.3 is 6.09 Å². The summed E-state index contributed by atoms with van der Waals surface area (Å²) in [5.41, 5.74) is 0.833. The van der Waals surface area contributed by atoms with Gasteiger partial charge in [0.2, 0.25) is 25.9 Å². The molecular weight excluding hydrogens is 839 g/mol. The number of hydrogen-bond acceptors (Lipinski definition) is 11. The Morgan fingerprint density at radius 1 is 0.962 bits per heavy atom. The molecule has 1 aliphatic heterocycles. The lowest BCUT2D eigenvalue weighted by atomic mass is 10.1. The first-order valence-corrected chi connectivity index (χ1v) is 20.7. The number of rotatable bonds is 15. The molecule has 2 heterocycles. The van der Waals surface area contributed by atoms with Crippen LogP contribution in [0.5, 0.6) is 11.5 Å². The number of amides is 1. The predicted octanol–water partition coefficient (Wildman–Crippen LogP) is 3.62. The number of benzene rings is 3. The topological polar surface area (TPSA) is 198 Å². The highest BCUT2D eigenvalue weighted by molar-refractivity contribution is 14.1. The number of carboxylic acid groups (broad SMARTS) is 1. The number of methoxy groups -OCH3 is 2. The van der Waals surface area contributed by atoms with Gasteiger partial charge in [-0.1, -0.05) is 24.3 Å². The van der Waals surface area contributed by atoms with Crippen LogP contribution < -0.4 is 18.9 Å². The Morgan fingerprint density at radius 3 is 2.17 bits per heavy atom. The van der Waals surface area contributed by atoms with Crippen LogP contribution in [0.3, 0.4) is 0 Å². The van der Waals surface area contributed by atoms with Gasteiger partial charge in [-0.25, -0.2) is 31.1 Å².